The van der Waals surface area contributed by atoms with Crippen LogP contribution < -0.4 is 5.56 Å². The second-order valence-electron chi connectivity index (χ2n) is 6.21. The summed E-state index contributed by atoms with van der Waals surface area (Å²) in [6.45, 7) is 3.74. The molecule has 3 aromatic rings. The highest BCUT2D eigenvalue weighted by Crippen LogP contribution is 2.28. The molecule has 1 unspecified atom stereocenters. The van der Waals surface area contributed by atoms with E-state index in [1.54, 1.807) is 49.5 Å². The molecular weight excluding hydrogens is 316 g/mol. The van der Waals surface area contributed by atoms with Crippen LogP contribution in [0.15, 0.2) is 47.4 Å². The number of nitrogens with zero attached hydrogens (tertiary/aromatic N) is 2. The van der Waals surface area contributed by atoms with Crippen molar-refractivity contribution < 1.29 is 10.2 Å². The first-order valence-corrected chi connectivity index (χ1v) is 8.54. The van der Waals surface area contributed by atoms with E-state index in [0.29, 0.717) is 28.7 Å². The molecule has 0 amide bonds. The van der Waals surface area contributed by atoms with Crippen molar-refractivity contribution in [1.29, 1.82) is 0 Å². The van der Waals surface area contributed by atoms with Crippen LogP contribution in [0.25, 0.3) is 16.7 Å². The van der Waals surface area contributed by atoms with Crippen LogP contribution in [-0.2, 0) is 6.42 Å². The van der Waals surface area contributed by atoms with Gasteiger partial charge < -0.3 is 10.2 Å². The number of benzene rings is 1. The zero-order valence-electron chi connectivity index (χ0n) is 14.4. The number of unbranched alkanes of at least 4 members (excludes halogenated alkanes) is 1. The number of pyridine rings is 2. The van der Waals surface area contributed by atoms with Crippen molar-refractivity contribution in [3.8, 4) is 11.4 Å². The van der Waals surface area contributed by atoms with Crippen molar-refractivity contribution in [2.75, 3.05) is 0 Å². The summed E-state index contributed by atoms with van der Waals surface area (Å²) in [5.74, 6) is 0.0263. The first-order valence-electron chi connectivity index (χ1n) is 8.54. The number of aliphatic hydroxyl groups excluding tert-OH is 1. The van der Waals surface area contributed by atoms with Crippen LogP contribution in [-0.4, -0.2) is 19.8 Å². The quantitative estimate of drug-likeness (QED) is 0.747. The molecule has 2 heterocycles. The van der Waals surface area contributed by atoms with Gasteiger partial charge in [0.15, 0.2) is 5.65 Å². The Kier molecular flexibility index (Phi) is 4.86. The summed E-state index contributed by atoms with van der Waals surface area (Å²) in [7, 11) is 0. The zero-order chi connectivity index (χ0) is 18.0. The maximum absolute atomic E-state index is 13.0. The molecule has 0 aliphatic rings. The lowest BCUT2D eigenvalue weighted by Crippen LogP contribution is -2.23. The highest BCUT2D eigenvalue weighted by Gasteiger charge is 2.17. The number of hydrogen-bond acceptors (Lipinski definition) is 4. The van der Waals surface area contributed by atoms with Crippen LogP contribution in [0.2, 0.25) is 0 Å². The van der Waals surface area contributed by atoms with Crippen molar-refractivity contribution in [2.45, 2.75) is 39.2 Å². The predicted octanol–water partition coefficient (Wildman–Crippen LogP) is 3.49. The van der Waals surface area contributed by atoms with Gasteiger partial charge in [0, 0.05) is 6.20 Å². The van der Waals surface area contributed by atoms with Crippen molar-refractivity contribution in [2.24, 2.45) is 0 Å². The van der Waals surface area contributed by atoms with Gasteiger partial charge in [0.05, 0.1) is 22.7 Å². The summed E-state index contributed by atoms with van der Waals surface area (Å²) in [6.07, 6.45) is 3.33. The van der Waals surface area contributed by atoms with Gasteiger partial charge in [-0.1, -0.05) is 25.5 Å². The Hall–Kier alpha value is -2.66. The molecule has 2 N–H and O–H groups in total. The number of aliphatic hydroxyl groups is 1. The van der Waals surface area contributed by atoms with Crippen LogP contribution in [0.3, 0.4) is 0 Å². The molecule has 0 saturated heterocycles. The van der Waals surface area contributed by atoms with Gasteiger partial charge in [-0.25, -0.2) is 4.98 Å². The summed E-state index contributed by atoms with van der Waals surface area (Å²) >= 11 is 0. The molecule has 0 spiro atoms. The Morgan fingerprint density at radius 2 is 1.92 bits per heavy atom. The lowest BCUT2D eigenvalue weighted by molar-refractivity contribution is 0.199. The minimum Gasteiger partial charge on any atom is -0.507 e. The van der Waals surface area contributed by atoms with Crippen LogP contribution in [0.4, 0.5) is 0 Å². The first-order chi connectivity index (χ1) is 12.0. The van der Waals surface area contributed by atoms with E-state index in [2.05, 4.69) is 4.98 Å². The first kappa shape index (κ1) is 17.2. The van der Waals surface area contributed by atoms with Crippen molar-refractivity contribution in [1.82, 2.24) is 9.55 Å². The van der Waals surface area contributed by atoms with Gasteiger partial charge in [-0.15, -0.1) is 0 Å². The van der Waals surface area contributed by atoms with Crippen LogP contribution >= 0.6 is 0 Å². The van der Waals surface area contributed by atoms with Crippen molar-refractivity contribution in [3.63, 3.8) is 0 Å². The minimum absolute atomic E-state index is 0.0263. The predicted molar refractivity (Wildman–Crippen MR) is 98.3 cm³/mol. The van der Waals surface area contributed by atoms with E-state index >= 15 is 0 Å². The fourth-order valence-electron chi connectivity index (χ4n) is 2.98. The van der Waals surface area contributed by atoms with Crippen LogP contribution in [0, 0.1) is 0 Å². The fourth-order valence-corrected chi connectivity index (χ4v) is 2.98. The molecule has 130 valence electrons. The van der Waals surface area contributed by atoms with Gasteiger partial charge in [-0.3, -0.25) is 9.36 Å². The molecule has 0 saturated carbocycles. The molecule has 5 nitrogen and oxygen atoms in total. The van der Waals surface area contributed by atoms with E-state index in [4.69, 9.17) is 0 Å². The number of hydrogen-bond donors (Lipinski definition) is 2. The van der Waals surface area contributed by atoms with E-state index in [-0.39, 0.29) is 11.3 Å². The lowest BCUT2D eigenvalue weighted by Gasteiger charge is -2.15. The Morgan fingerprint density at radius 3 is 2.56 bits per heavy atom. The summed E-state index contributed by atoms with van der Waals surface area (Å²) < 4.78 is 1.53. The second kappa shape index (κ2) is 7.07. The third kappa shape index (κ3) is 3.15. The van der Waals surface area contributed by atoms with E-state index in [9.17, 15) is 15.0 Å². The Balaban J connectivity index is 2.27. The molecule has 3 rings (SSSR count). The van der Waals surface area contributed by atoms with Gasteiger partial charge >= 0.3 is 0 Å². The summed E-state index contributed by atoms with van der Waals surface area (Å²) in [5, 5.41) is 20.8. The SMILES string of the molecule is CCCCc1c(O)c2cccnc2n(-c2ccc(C(C)O)cc2)c1=O. The lowest BCUT2D eigenvalue weighted by atomic mass is 10.1. The number of aromatic hydroxyl groups is 1. The monoisotopic (exact) mass is 338 g/mol. The minimum atomic E-state index is -0.569. The second-order valence-corrected chi connectivity index (χ2v) is 6.21. The van der Waals surface area contributed by atoms with Gasteiger partial charge in [0.2, 0.25) is 0 Å². The molecule has 2 aromatic heterocycles. The van der Waals surface area contributed by atoms with E-state index in [1.807, 2.05) is 6.92 Å². The summed E-state index contributed by atoms with van der Waals surface area (Å²) in [6, 6.07) is 10.7. The Labute approximate surface area is 146 Å². The number of fused-ring (bicyclic) bond motifs is 1. The molecule has 0 fully saturated rings. The van der Waals surface area contributed by atoms with Gasteiger partial charge in [-0.05, 0) is 49.6 Å². The average Bonchev–Trinajstić information content (AvgIpc) is 2.62. The maximum atomic E-state index is 13.0. The molecule has 0 aliphatic carbocycles. The van der Waals surface area contributed by atoms with Gasteiger partial charge in [0.25, 0.3) is 5.56 Å². The molecular formula is C20H22N2O3. The highest BCUT2D eigenvalue weighted by molar-refractivity contribution is 5.84. The molecule has 0 aliphatic heterocycles. The third-order valence-electron chi connectivity index (χ3n) is 4.41. The van der Waals surface area contributed by atoms with Crippen molar-refractivity contribution >= 4 is 11.0 Å². The number of aromatic nitrogens is 2. The maximum Gasteiger partial charge on any atom is 0.263 e. The van der Waals surface area contributed by atoms with Crippen LogP contribution in [0.5, 0.6) is 5.75 Å². The third-order valence-corrected chi connectivity index (χ3v) is 4.41. The van der Waals surface area contributed by atoms with E-state index in [1.165, 1.54) is 4.57 Å². The smallest absolute Gasteiger partial charge is 0.263 e. The summed E-state index contributed by atoms with van der Waals surface area (Å²) in [5.41, 5.74) is 2.04. The van der Waals surface area contributed by atoms with E-state index < -0.39 is 6.10 Å². The summed E-state index contributed by atoms with van der Waals surface area (Å²) in [4.78, 5) is 17.4. The average molecular weight is 338 g/mol. The zero-order valence-corrected chi connectivity index (χ0v) is 14.4. The fraction of sp³-hybridized carbons (Fsp3) is 0.300. The molecule has 0 radical (unpaired) electrons. The van der Waals surface area contributed by atoms with Gasteiger partial charge in [0.1, 0.15) is 5.75 Å². The molecule has 25 heavy (non-hydrogen) atoms. The number of rotatable bonds is 5. The normalized spacial score (nSPS) is 12.4. The molecule has 1 atom stereocenters. The topological polar surface area (TPSA) is 75.3 Å². The van der Waals surface area contributed by atoms with Gasteiger partial charge in [-0.2, -0.15) is 0 Å². The molecule has 0 bridgehead atoms. The van der Waals surface area contributed by atoms with Crippen LogP contribution in [0.1, 0.15) is 43.9 Å². The Bertz CT molecular complexity index is 944. The van der Waals surface area contributed by atoms with E-state index in [0.717, 1.165) is 18.4 Å². The Morgan fingerprint density at radius 1 is 1.20 bits per heavy atom. The molecule has 5 heteroatoms. The molecule has 1 aromatic carbocycles. The highest BCUT2D eigenvalue weighted by atomic mass is 16.3. The standard InChI is InChI=1S/C20H22N2O3/c1-3-4-6-17-18(24)16-7-5-12-21-19(16)22(20(17)25)15-10-8-14(9-11-15)13(2)23/h5,7-13,23-24H,3-4,6H2,1-2H3. The largest absolute Gasteiger partial charge is 0.507 e. The van der Waals surface area contributed by atoms with Crippen molar-refractivity contribution in [3.05, 3.63) is 64.1 Å².